The molecule has 0 bridgehead atoms. The highest BCUT2D eigenvalue weighted by molar-refractivity contribution is 7.92. The van der Waals surface area contributed by atoms with E-state index in [9.17, 15) is 26.7 Å². The van der Waals surface area contributed by atoms with Crippen LogP contribution in [0.2, 0.25) is 0 Å². The van der Waals surface area contributed by atoms with E-state index in [0.717, 1.165) is 12.3 Å². The van der Waals surface area contributed by atoms with E-state index < -0.39 is 37.1 Å². The molecule has 1 heterocycles. The largest absolute Gasteiger partial charge is 0.506 e. The van der Waals surface area contributed by atoms with E-state index in [-0.39, 0.29) is 34.1 Å². The van der Waals surface area contributed by atoms with Crippen molar-refractivity contribution >= 4 is 48.8 Å². The van der Waals surface area contributed by atoms with Gasteiger partial charge in [0, 0.05) is 11.3 Å². The molecular weight excluding hydrogens is 468 g/mol. The van der Waals surface area contributed by atoms with Crippen LogP contribution in [0.25, 0.3) is 5.76 Å². The zero-order valence-electron chi connectivity index (χ0n) is 17.8. The van der Waals surface area contributed by atoms with Gasteiger partial charge in [0.05, 0.1) is 11.9 Å². The Balaban J connectivity index is 1.87. The van der Waals surface area contributed by atoms with Gasteiger partial charge < -0.3 is 16.2 Å². The van der Waals surface area contributed by atoms with E-state index in [4.69, 9.17) is 5.73 Å². The summed E-state index contributed by atoms with van der Waals surface area (Å²) >= 11 is 0. The average molecular weight is 491 g/mol. The lowest BCUT2D eigenvalue weighted by molar-refractivity contribution is -0.120. The van der Waals surface area contributed by atoms with Gasteiger partial charge in [-0.25, -0.2) is 8.42 Å². The molecule has 2 aliphatic rings. The third-order valence-corrected chi connectivity index (χ3v) is 7.36. The molecule has 0 fully saturated rings. The first-order chi connectivity index (χ1) is 15.4. The molecule has 1 aliphatic heterocycles. The highest BCUT2D eigenvalue weighted by Gasteiger charge is 2.46. The molecule has 10 nitrogen and oxygen atoms in total. The Bertz CT molecular complexity index is 1460. The second-order valence-electron chi connectivity index (χ2n) is 7.94. The molecule has 0 spiro atoms. The van der Waals surface area contributed by atoms with Crippen molar-refractivity contribution in [2.24, 2.45) is 10.1 Å². The average Bonchev–Trinajstić information content (AvgIpc) is 2.72. The molecule has 2 aromatic rings. The Hall–Kier alpha value is -3.22. The topological polar surface area (TPSA) is 168 Å². The maximum Gasteiger partial charge on any atom is 0.286 e. The lowest BCUT2D eigenvalue weighted by atomic mass is 9.73. The van der Waals surface area contributed by atoms with Crippen molar-refractivity contribution < 1.29 is 26.7 Å². The smallest absolute Gasteiger partial charge is 0.286 e. The quantitative estimate of drug-likeness (QED) is 0.494. The SMILES string of the molecule is CCCC1(N)C(=O)C(C2=NS(=O)(=O)c3cc(NS(C)(=O)=O)ccc3N2)=C(O)c2ccccc21. The molecule has 5 N–H and O–H groups in total. The number of hydrogen-bond donors (Lipinski definition) is 4. The predicted octanol–water partition coefficient (Wildman–Crippen LogP) is 2.08. The van der Waals surface area contributed by atoms with Crippen molar-refractivity contribution in [3.8, 4) is 0 Å². The fourth-order valence-electron chi connectivity index (χ4n) is 4.07. The molecule has 4 rings (SSSR count). The molecule has 174 valence electrons. The van der Waals surface area contributed by atoms with Gasteiger partial charge in [0.15, 0.2) is 11.6 Å². The fourth-order valence-corrected chi connectivity index (χ4v) is 5.78. The number of anilines is 2. The molecule has 12 heteroatoms. The summed E-state index contributed by atoms with van der Waals surface area (Å²) in [6.45, 7) is 1.86. The number of fused-ring (bicyclic) bond motifs is 2. The number of sulfonamides is 2. The number of aliphatic hydroxyl groups is 1. The first kappa shape index (κ1) is 23.0. The van der Waals surface area contributed by atoms with E-state index in [1.165, 1.54) is 12.1 Å². The summed E-state index contributed by atoms with van der Waals surface area (Å²) in [7, 11) is -7.97. The van der Waals surface area contributed by atoms with Crippen LogP contribution in [0.4, 0.5) is 11.4 Å². The maximum atomic E-state index is 13.5. The Morgan fingerprint density at radius 1 is 1.21 bits per heavy atom. The normalized spacial score (nSPS) is 21.5. The lowest BCUT2D eigenvalue weighted by Crippen LogP contribution is -2.50. The third-order valence-electron chi connectivity index (χ3n) is 5.44. The van der Waals surface area contributed by atoms with Crippen molar-refractivity contribution in [2.45, 2.75) is 30.2 Å². The van der Waals surface area contributed by atoms with Crippen molar-refractivity contribution in [1.29, 1.82) is 0 Å². The van der Waals surface area contributed by atoms with Gasteiger partial charge in [-0.15, -0.1) is 4.40 Å². The minimum Gasteiger partial charge on any atom is -0.506 e. The minimum absolute atomic E-state index is 0.0360. The zero-order chi connectivity index (χ0) is 24.2. The Morgan fingerprint density at radius 2 is 1.91 bits per heavy atom. The van der Waals surface area contributed by atoms with Gasteiger partial charge in [-0.1, -0.05) is 37.6 Å². The highest BCUT2D eigenvalue weighted by atomic mass is 32.2. The standard InChI is InChI=1S/C21H22N4O6S2/c1-3-10-21(22)14-7-5-4-6-13(14)18(26)17(19(21)27)20-23-15-9-8-12(24-32(2,28)29)11-16(15)33(30,31)25-20/h4-9,11,24,26H,3,10,22H2,1-2H3,(H,23,25). The molecule has 0 radical (unpaired) electrons. The second-order valence-corrected chi connectivity index (χ2v) is 11.3. The Kier molecular flexibility index (Phi) is 5.34. The molecule has 0 amide bonds. The number of benzene rings is 2. The number of aliphatic hydroxyl groups excluding tert-OH is 1. The Labute approximate surface area is 191 Å². The fraction of sp³-hybridized carbons (Fsp3) is 0.238. The van der Waals surface area contributed by atoms with E-state index in [2.05, 4.69) is 14.4 Å². The van der Waals surface area contributed by atoms with Crippen LogP contribution in [0, 0.1) is 0 Å². The van der Waals surface area contributed by atoms with Crippen LogP contribution < -0.4 is 15.8 Å². The number of carbonyl (C=O) groups excluding carboxylic acids is 1. The summed E-state index contributed by atoms with van der Waals surface area (Å²) in [5, 5.41) is 13.7. The number of carbonyl (C=O) groups is 1. The zero-order valence-corrected chi connectivity index (χ0v) is 19.4. The van der Waals surface area contributed by atoms with E-state index in [0.29, 0.717) is 17.5 Å². The lowest BCUT2D eigenvalue weighted by Gasteiger charge is -2.35. The number of hydrogen-bond acceptors (Lipinski definition) is 8. The van der Waals surface area contributed by atoms with Crippen LogP contribution in [-0.2, 0) is 30.4 Å². The Morgan fingerprint density at radius 3 is 2.58 bits per heavy atom. The molecule has 1 atom stereocenters. The maximum absolute atomic E-state index is 13.5. The predicted molar refractivity (Wildman–Crippen MR) is 125 cm³/mol. The van der Waals surface area contributed by atoms with Crippen molar-refractivity contribution in [3.63, 3.8) is 0 Å². The number of nitrogens with one attached hydrogen (secondary N) is 2. The number of Topliss-reactive ketones (excluding diaryl/α,β-unsaturated/α-hetero) is 1. The van der Waals surface area contributed by atoms with Crippen LogP contribution >= 0.6 is 0 Å². The van der Waals surface area contributed by atoms with Crippen LogP contribution in [0.1, 0.15) is 30.9 Å². The van der Waals surface area contributed by atoms with Gasteiger partial charge in [-0.2, -0.15) is 8.42 Å². The molecule has 1 aliphatic carbocycles. The second kappa shape index (κ2) is 7.68. The first-order valence-corrected chi connectivity index (χ1v) is 13.3. The minimum atomic E-state index is -4.34. The van der Waals surface area contributed by atoms with Gasteiger partial charge >= 0.3 is 0 Å². The molecule has 33 heavy (non-hydrogen) atoms. The van der Waals surface area contributed by atoms with Crippen molar-refractivity contribution in [2.75, 3.05) is 16.3 Å². The van der Waals surface area contributed by atoms with Crippen LogP contribution in [0.15, 0.2) is 57.3 Å². The molecule has 1 unspecified atom stereocenters. The molecule has 0 saturated heterocycles. The molecular formula is C21H22N4O6S2. The molecule has 2 aromatic carbocycles. The summed E-state index contributed by atoms with van der Waals surface area (Å²) in [5.41, 5.74) is 5.63. The van der Waals surface area contributed by atoms with E-state index in [1.54, 1.807) is 24.3 Å². The first-order valence-electron chi connectivity index (χ1n) is 9.98. The van der Waals surface area contributed by atoms with E-state index in [1.807, 2.05) is 6.92 Å². The van der Waals surface area contributed by atoms with Crippen LogP contribution in [-0.4, -0.2) is 39.8 Å². The number of ketones is 1. The molecule has 0 aromatic heterocycles. The monoisotopic (exact) mass is 490 g/mol. The summed E-state index contributed by atoms with van der Waals surface area (Å²) in [5.74, 6) is -1.43. The number of rotatable bonds is 5. The van der Waals surface area contributed by atoms with Gasteiger partial charge in [0.1, 0.15) is 21.8 Å². The third kappa shape index (κ3) is 3.90. The number of nitrogens with zero attached hydrogens (tertiary/aromatic N) is 1. The van der Waals surface area contributed by atoms with E-state index >= 15 is 0 Å². The van der Waals surface area contributed by atoms with Crippen molar-refractivity contribution in [3.05, 3.63) is 59.2 Å². The molecule has 0 saturated carbocycles. The number of amidine groups is 1. The van der Waals surface area contributed by atoms with Crippen LogP contribution in [0.3, 0.4) is 0 Å². The number of nitrogens with two attached hydrogens (primary N) is 1. The summed E-state index contributed by atoms with van der Waals surface area (Å²) in [6.07, 6.45) is 1.78. The summed E-state index contributed by atoms with van der Waals surface area (Å²) in [4.78, 5) is 13.2. The van der Waals surface area contributed by atoms with Crippen LogP contribution in [0.5, 0.6) is 0 Å². The summed E-state index contributed by atoms with van der Waals surface area (Å²) in [6, 6.07) is 10.5. The van der Waals surface area contributed by atoms with Gasteiger partial charge in [-0.05, 0) is 30.2 Å². The van der Waals surface area contributed by atoms with Gasteiger partial charge in [0.25, 0.3) is 10.0 Å². The highest BCUT2D eigenvalue weighted by Crippen LogP contribution is 2.41. The summed E-state index contributed by atoms with van der Waals surface area (Å²) < 4.78 is 54.8. The van der Waals surface area contributed by atoms with Gasteiger partial charge in [-0.3, -0.25) is 9.52 Å². The van der Waals surface area contributed by atoms with Crippen molar-refractivity contribution in [1.82, 2.24) is 0 Å². The van der Waals surface area contributed by atoms with Gasteiger partial charge in [0.2, 0.25) is 10.0 Å².